The standard InChI is InChI=1S/C10H17N5O3S/c1-2-19(17,18)15-5-3-8(4-6-15)9(16)13-10-11-7-12-14-10/h7-8H,2-6H2,1H3,(H2,11,12,13,14,16). The van der Waals surface area contributed by atoms with Crippen LogP contribution in [0.3, 0.4) is 0 Å². The predicted octanol–water partition coefficient (Wildman–Crippen LogP) is -0.195. The van der Waals surface area contributed by atoms with Gasteiger partial charge in [-0.15, -0.1) is 0 Å². The number of aromatic amines is 1. The minimum atomic E-state index is -3.15. The molecular formula is C10H17N5O3S. The number of carbonyl (C=O) groups excluding carboxylic acids is 1. The summed E-state index contributed by atoms with van der Waals surface area (Å²) in [4.78, 5) is 15.7. The molecule has 19 heavy (non-hydrogen) atoms. The Labute approximate surface area is 111 Å². The highest BCUT2D eigenvalue weighted by atomic mass is 32.2. The van der Waals surface area contributed by atoms with Crippen LogP contribution in [0.25, 0.3) is 0 Å². The van der Waals surface area contributed by atoms with Crippen LogP contribution in [-0.4, -0.2) is 52.7 Å². The first-order valence-corrected chi connectivity index (χ1v) is 7.78. The van der Waals surface area contributed by atoms with E-state index in [2.05, 4.69) is 20.5 Å². The molecule has 0 aliphatic carbocycles. The number of aromatic nitrogens is 3. The summed E-state index contributed by atoms with van der Waals surface area (Å²) in [6, 6.07) is 0. The van der Waals surface area contributed by atoms with Gasteiger partial charge < -0.3 is 0 Å². The van der Waals surface area contributed by atoms with E-state index in [1.807, 2.05) is 0 Å². The lowest BCUT2D eigenvalue weighted by molar-refractivity contribution is -0.121. The first-order chi connectivity index (χ1) is 9.03. The van der Waals surface area contributed by atoms with E-state index in [0.717, 1.165) is 0 Å². The molecule has 1 aromatic rings. The number of H-pyrrole nitrogens is 1. The summed E-state index contributed by atoms with van der Waals surface area (Å²) in [6.45, 7) is 2.41. The largest absolute Gasteiger partial charge is 0.295 e. The normalized spacial score (nSPS) is 18.4. The van der Waals surface area contributed by atoms with Gasteiger partial charge in [-0.3, -0.25) is 10.1 Å². The number of rotatable bonds is 4. The highest BCUT2D eigenvalue weighted by molar-refractivity contribution is 7.89. The summed E-state index contributed by atoms with van der Waals surface area (Å²) in [5.41, 5.74) is 0. The lowest BCUT2D eigenvalue weighted by atomic mass is 9.97. The number of piperidine rings is 1. The number of nitrogens with one attached hydrogen (secondary N) is 2. The van der Waals surface area contributed by atoms with Crippen LogP contribution in [0.2, 0.25) is 0 Å². The Balaban J connectivity index is 1.88. The molecule has 1 fully saturated rings. The smallest absolute Gasteiger partial charge is 0.229 e. The summed E-state index contributed by atoms with van der Waals surface area (Å²) < 4.78 is 24.8. The van der Waals surface area contributed by atoms with Crippen LogP contribution in [0.15, 0.2) is 6.33 Å². The van der Waals surface area contributed by atoms with Gasteiger partial charge in [-0.2, -0.15) is 10.1 Å². The van der Waals surface area contributed by atoms with Crippen LogP contribution in [0.1, 0.15) is 19.8 Å². The van der Waals surface area contributed by atoms with Crippen LogP contribution < -0.4 is 5.32 Å². The predicted molar refractivity (Wildman–Crippen MR) is 68.8 cm³/mol. The zero-order valence-electron chi connectivity index (χ0n) is 10.7. The van der Waals surface area contributed by atoms with Crippen LogP contribution in [0.5, 0.6) is 0 Å². The van der Waals surface area contributed by atoms with Gasteiger partial charge in [-0.05, 0) is 19.8 Å². The van der Waals surface area contributed by atoms with Crippen molar-refractivity contribution in [3.8, 4) is 0 Å². The molecule has 106 valence electrons. The average Bonchev–Trinajstić information content (AvgIpc) is 2.91. The number of amides is 1. The first-order valence-electron chi connectivity index (χ1n) is 6.17. The molecule has 2 heterocycles. The number of hydrogen-bond acceptors (Lipinski definition) is 5. The molecule has 1 aliphatic rings. The van der Waals surface area contributed by atoms with Crippen molar-refractivity contribution in [1.29, 1.82) is 0 Å². The summed E-state index contributed by atoms with van der Waals surface area (Å²) in [5.74, 6) is 0.0781. The highest BCUT2D eigenvalue weighted by Gasteiger charge is 2.30. The summed E-state index contributed by atoms with van der Waals surface area (Å²) in [7, 11) is -3.15. The lowest BCUT2D eigenvalue weighted by Gasteiger charge is -2.29. The van der Waals surface area contributed by atoms with Crippen molar-refractivity contribution in [2.75, 3.05) is 24.2 Å². The van der Waals surface area contributed by atoms with E-state index in [4.69, 9.17) is 0 Å². The van der Waals surface area contributed by atoms with Gasteiger partial charge in [0.25, 0.3) is 0 Å². The van der Waals surface area contributed by atoms with Crippen molar-refractivity contribution in [2.45, 2.75) is 19.8 Å². The quantitative estimate of drug-likeness (QED) is 0.797. The molecule has 0 aromatic carbocycles. The van der Waals surface area contributed by atoms with Crippen molar-refractivity contribution in [2.24, 2.45) is 5.92 Å². The molecule has 1 aromatic heterocycles. The van der Waals surface area contributed by atoms with E-state index in [-0.39, 0.29) is 17.6 Å². The molecule has 0 spiro atoms. The van der Waals surface area contributed by atoms with Gasteiger partial charge in [0.1, 0.15) is 6.33 Å². The maximum atomic E-state index is 11.9. The second-order valence-corrected chi connectivity index (χ2v) is 6.65. The first kappa shape index (κ1) is 13.9. The van der Waals surface area contributed by atoms with Gasteiger partial charge in [0.15, 0.2) is 0 Å². The lowest BCUT2D eigenvalue weighted by Crippen LogP contribution is -2.42. The molecule has 0 unspecified atom stereocenters. The van der Waals surface area contributed by atoms with Crippen LogP contribution in [-0.2, 0) is 14.8 Å². The molecule has 2 rings (SSSR count). The molecule has 8 nitrogen and oxygen atoms in total. The Morgan fingerprint density at radius 2 is 2.21 bits per heavy atom. The maximum Gasteiger partial charge on any atom is 0.229 e. The highest BCUT2D eigenvalue weighted by Crippen LogP contribution is 2.20. The molecule has 0 radical (unpaired) electrons. The Bertz CT molecular complexity index is 519. The van der Waals surface area contributed by atoms with Crippen molar-refractivity contribution >= 4 is 21.9 Å². The van der Waals surface area contributed by atoms with Gasteiger partial charge >= 0.3 is 0 Å². The fraction of sp³-hybridized carbons (Fsp3) is 0.700. The van der Waals surface area contributed by atoms with E-state index >= 15 is 0 Å². The molecule has 2 N–H and O–H groups in total. The van der Waals surface area contributed by atoms with Crippen molar-refractivity contribution < 1.29 is 13.2 Å². The zero-order chi connectivity index (χ0) is 13.9. The summed E-state index contributed by atoms with van der Waals surface area (Å²) in [6.07, 6.45) is 2.37. The zero-order valence-corrected chi connectivity index (χ0v) is 11.5. The van der Waals surface area contributed by atoms with Crippen molar-refractivity contribution in [3.63, 3.8) is 0 Å². The van der Waals surface area contributed by atoms with Crippen LogP contribution in [0.4, 0.5) is 5.95 Å². The number of nitrogens with zero attached hydrogens (tertiary/aromatic N) is 3. The molecule has 1 saturated heterocycles. The monoisotopic (exact) mass is 287 g/mol. The van der Waals surface area contributed by atoms with Crippen LogP contribution in [0, 0.1) is 5.92 Å². The van der Waals surface area contributed by atoms with Gasteiger partial charge in [0.05, 0.1) is 5.75 Å². The average molecular weight is 287 g/mol. The molecule has 0 bridgehead atoms. The van der Waals surface area contributed by atoms with Gasteiger partial charge in [0.2, 0.25) is 21.9 Å². The number of anilines is 1. The number of hydrogen-bond donors (Lipinski definition) is 2. The second-order valence-electron chi connectivity index (χ2n) is 4.40. The van der Waals surface area contributed by atoms with Crippen LogP contribution >= 0.6 is 0 Å². The van der Waals surface area contributed by atoms with E-state index in [0.29, 0.717) is 31.9 Å². The van der Waals surface area contributed by atoms with E-state index in [9.17, 15) is 13.2 Å². The third-order valence-corrected chi connectivity index (χ3v) is 5.12. The maximum absolute atomic E-state index is 11.9. The Morgan fingerprint density at radius 1 is 1.53 bits per heavy atom. The Hall–Kier alpha value is -1.48. The topological polar surface area (TPSA) is 108 Å². The van der Waals surface area contributed by atoms with Gasteiger partial charge in [-0.1, -0.05) is 0 Å². The van der Waals surface area contributed by atoms with Gasteiger partial charge in [0, 0.05) is 19.0 Å². The molecule has 1 amide bonds. The minimum absolute atomic E-state index is 0.0991. The molecule has 9 heteroatoms. The third-order valence-electron chi connectivity index (χ3n) is 3.24. The summed E-state index contributed by atoms with van der Waals surface area (Å²) >= 11 is 0. The van der Waals surface area contributed by atoms with Gasteiger partial charge in [-0.25, -0.2) is 17.8 Å². The summed E-state index contributed by atoms with van der Waals surface area (Å²) in [5, 5.41) is 8.81. The second kappa shape index (κ2) is 5.66. The van der Waals surface area contributed by atoms with E-state index < -0.39 is 10.0 Å². The molecule has 0 saturated carbocycles. The fourth-order valence-electron chi connectivity index (χ4n) is 2.06. The molecule has 0 atom stereocenters. The molecular weight excluding hydrogens is 270 g/mol. The fourth-order valence-corrected chi connectivity index (χ4v) is 3.20. The van der Waals surface area contributed by atoms with Crippen molar-refractivity contribution in [1.82, 2.24) is 19.5 Å². The minimum Gasteiger partial charge on any atom is -0.295 e. The van der Waals surface area contributed by atoms with Crippen molar-refractivity contribution in [3.05, 3.63) is 6.33 Å². The Morgan fingerprint density at radius 3 is 2.74 bits per heavy atom. The Kier molecular flexibility index (Phi) is 4.15. The van der Waals surface area contributed by atoms with E-state index in [1.54, 1.807) is 6.92 Å². The number of sulfonamides is 1. The molecule has 1 aliphatic heterocycles. The third kappa shape index (κ3) is 3.29. The number of carbonyl (C=O) groups is 1. The SMILES string of the molecule is CCS(=O)(=O)N1CCC(C(=O)Nc2ncn[nH]2)CC1. The van der Waals surface area contributed by atoms with E-state index in [1.165, 1.54) is 10.6 Å².